The lowest BCUT2D eigenvalue weighted by atomic mass is 9.84. The zero-order valence-electron chi connectivity index (χ0n) is 25.0. The Hall–Kier alpha value is -3.81. The van der Waals surface area contributed by atoms with Crippen LogP contribution in [0.5, 0.6) is 5.75 Å². The van der Waals surface area contributed by atoms with E-state index in [1.807, 2.05) is 54.1 Å². The van der Waals surface area contributed by atoms with Crippen molar-refractivity contribution < 1.29 is 19.1 Å². The van der Waals surface area contributed by atoms with Gasteiger partial charge in [0.05, 0.1) is 36.5 Å². The van der Waals surface area contributed by atoms with E-state index in [4.69, 9.17) is 9.47 Å². The first-order chi connectivity index (χ1) is 19.7. The summed E-state index contributed by atoms with van der Waals surface area (Å²) in [4.78, 5) is 25.3. The molecule has 0 saturated heterocycles. The zero-order valence-corrected chi connectivity index (χ0v) is 25.0. The minimum atomic E-state index is -0.535. The molecule has 2 aromatic carbocycles. The highest BCUT2D eigenvalue weighted by Crippen LogP contribution is 2.40. The van der Waals surface area contributed by atoms with Crippen LogP contribution in [0.15, 0.2) is 60.8 Å². The normalized spacial score (nSPS) is 15.9. The zero-order chi connectivity index (χ0) is 29.5. The molecular weight excluding hydrogens is 516 g/mol. The van der Waals surface area contributed by atoms with Crippen LogP contribution in [0.3, 0.4) is 0 Å². The quantitative estimate of drug-likeness (QED) is 0.178. The number of hydrogen-bond donors (Lipinski definition) is 2. The number of fused-ring (bicyclic) bond motifs is 1. The number of amides is 1. The van der Waals surface area contributed by atoms with Crippen molar-refractivity contribution in [3.8, 4) is 5.75 Å². The molecule has 0 saturated carbocycles. The number of benzene rings is 2. The van der Waals surface area contributed by atoms with Crippen molar-refractivity contribution in [1.82, 2.24) is 15.1 Å². The molecule has 1 unspecified atom stereocenters. The number of unbranched alkanes of at least 4 members (excludes halogenated alkanes) is 1. The Morgan fingerprint density at radius 2 is 1.76 bits per heavy atom. The van der Waals surface area contributed by atoms with Crippen molar-refractivity contribution in [2.75, 3.05) is 18.5 Å². The Labute approximate surface area is 243 Å². The SMILES string of the molecule is CCOC(=O)CCCCOc1ccc(C(CC)(CC)NC(=O)c2cnn3c2NC(c2ccccc2)CC3(C)C)cc1. The second-order valence-electron chi connectivity index (χ2n) is 11.3. The third-order valence-corrected chi connectivity index (χ3v) is 8.12. The van der Waals surface area contributed by atoms with Gasteiger partial charge in [0.1, 0.15) is 17.1 Å². The fourth-order valence-corrected chi connectivity index (χ4v) is 5.66. The average Bonchev–Trinajstić information content (AvgIpc) is 3.42. The second-order valence-corrected chi connectivity index (χ2v) is 11.3. The minimum Gasteiger partial charge on any atom is -0.494 e. The number of carbonyl (C=O) groups is 2. The molecule has 41 heavy (non-hydrogen) atoms. The van der Waals surface area contributed by atoms with Gasteiger partial charge in [-0.3, -0.25) is 9.59 Å². The molecule has 1 amide bonds. The molecule has 0 fully saturated rings. The van der Waals surface area contributed by atoms with Crippen LogP contribution in [0, 0.1) is 0 Å². The predicted molar refractivity (Wildman–Crippen MR) is 161 cm³/mol. The number of nitrogens with zero attached hydrogens (tertiary/aromatic N) is 2. The van der Waals surface area contributed by atoms with E-state index in [9.17, 15) is 9.59 Å². The lowest BCUT2D eigenvalue weighted by molar-refractivity contribution is -0.143. The van der Waals surface area contributed by atoms with Crippen LogP contribution in [0.2, 0.25) is 0 Å². The molecular formula is C33H44N4O4. The summed E-state index contributed by atoms with van der Waals surface area (Å²) < 4.78 is 12.8. The summed E-state index contributed by atoms with van der Waals surface area (Å²) in [6.07, 6.45) is 5.93. The number of nitrogens with one attached hydrogen (secondary N) is 2. The summed E-state index contributed by atoms with van der Waals surface area (Å²) in [5.41, 5.74) is 1.99. The van der Waals surface area contributed by atoms with Crippen LogP contribution < -0.4 is 15.4 Å². The molecule has 0 radical (unpaired) electrons. The fraction of sp³-hybridized carbons (Fsp3) is 0.485. The largest absolute Gasteiger partial charge is 0.494 e. The Bertz CT molecular complexity index is 1300. The van der Waals surface area contributed by atoms with Gasteiger partial charge < -0.3 is 20.1 Å². The van der Waals surface area contributed by atoms with Crippen molar-refractivity contribution in [1.29, 1.82) is 0 Å². The Kier molecular flexibility index (Phi) is 9.73. The number of carbonyl (C=O) groups excluding carboxylic acids is 2. The topological polar surface area (TPSA) is 94.5 Å². The first-order valence-electron chi connectivity index (χ1n) is 14.8. The molecule has 2 N–H and O–H groups in total. The first kappa shape index (κ1) is 30.2. The van der Waals surface area contributed by atoms with Crippen LogP contribution in [0.1, 0.15) is 101 Å². The van der Waals surface area contributed by atoms with Crippen molar-refractivity contribution in [2.24, 2.45) is 0 Å². The Morgan fingerprint density at radius 1 is 1.05 bits per heavy atom. The maximum Gasteiger partial charge on any atom is 0.305 e. The summed E-state index contributed by atoms with van der Waals surface area (Å²) in [6, 6.07) is 18.4. The molecule has 1 aromatic heterocycles. The van der Waals surface area contributed by atoms with Gasteiger partial charge in [0, 0.05) is 6.42 Å². The van der Waals surface area contributed by atoms with Crippen LogP contribution in [0.4, 0.5) is 5.82 Å². The van der Waals surface area contributed by atoms with E-state index in [-0.39, 0.29) is 23.5 Å². The monoisotopic (exact) mass is 560 g/mol. The smallest absolute Gasteiger partial charge is 0.305 e. The van der Waals surface area contributed by atoms with E-state index < -0.39 is 5.54 Å². The van der Waals surface area contributed by atoms with E-state index in [1.54, 1.807) is 6.20 Å². The van der Waals surface area contributed by atoms with Gasteiger partial charge in [-0.05, 0) is 76.1 Å². The maximum atomic E-state index is 13.8. The number of rotatable bonds is 13. The lowest BCUT2D eigenvalue weighted by Crippen LogP contribution is -2.45. The highest BCUT2D eigenvalue weighted by molar-refractivity contribution is 5.99. The van der Waals surface area contributed by atoms with Crippen molar-refractivity contribution in [3.05, 3.63) is 77.5 Å². The molecule has 1 atom stereocenters. The van der Waals surface area contributed by atoms with Crippen molar-refractivity contribution >= 4 is 17.7 Å². The number of esters is 1. The lowest BCUT2D eigenvalue weighted by Gasteiger charge is -2.38. The third kappa shape index (κ3) is 6.92. The first-order valence-corrected chi connectivity index (χ1v) is 14.8. The maximum absolute atomic E-state index is 13.8. The van der Waals surface area contributed by atoms with E-state index in [0.29, 0.717) is 25.2 Å². The highest BCUT2D eigenvalue weighted by Gasteiger charge is 2.38. The molecule has 4 rings (SSSR count). The van der Waals surface area contributed by atoms with E-state index >= 15 is 0 Å². The third-order valence-electron chi connectivity index (χ3n) is 8.12. The van der Waals surface area contributed by atoms with E-state index in [2.05, 4.69) is 55.6 Å². The van der Waals surface area contributed by atoms with Gasteiger partial charge >= 0.3 is 5.97 Å². The summed E-state index contributed by atoms with van der Waals surface area (Å²) in [7, 11) is 0. The molecule has 8 heteroatoms. The van der Waals surface area contributed by atoms with Gasteiger partial charge in [-0.2, -0.15) is 5.10 Å². The van der Waals surface area contributed by atoms with Gasteiger partial charge in [-0.15, -0.1) is 0 Å². The number of aromatic nitrogens is 2. The van der Waals surface area contributed by atoms with Gasteiger partial charge in [0.15, 0.2) is 0 Å². The number of ether oxygens (including phenoxy) is 2. The van der Waals surface area contributed by atoms with Gasteiger partial charge in [0.2, 0.25) is 0 Å². The fourth-order valence-electron chi connectivity index (χ4n) is 5.66. The van der Waals surface area contributed by atoms with Crippen molar-refractivity contribution in [3.63, 3.8) is 0 Å². The number of hydrogen-bond acceptors (Lipinski definition) is 6. The summed E-state index contributed by atoms with van der Waals surface area (Å²) in [6.45, 7) is 11.3. The number of anilines is 1. The van der Waals surface area contributed by atoms with Crippen LogP contribution in [-0.4, -0.2) is 34.9 Å². The van der Waals surface area contributed by atoms with Gasteiger partial charge in [0.25, 0.3) is 5.91 Å². The molecule has 2 heterocycles. The molecule has 1 aliphatic rings. The molecule has 220 valence electrons. The predicted octanol–water partition coefficient (Wildman–Crippen LogP) is 6.73. The van der Waals surface area contributed by atoms with Crippen LogP contribution >= 0.6 is 0 Å². The average molecular weight is 561 g/mol. The summed E-state index contributed by atoms with van der Waals surface area (Å²) in [5.74, 6) is 1.21. The standard InChI is InChI=1S/C33H44N4O4/c1-6-33(7-2,25-17-19-26(20-18-25)41-21-13-12-16-29(38)40-8-3)36-31(39)27-23-34-37-30(27)35-28(22-32(37,4)5)24-14-10-9-11-15-24/h9-11,14-15,17-20,23,28,35H,6-8,12-13,16,21-22H2,1-5H3,(H,36,39). The van der Waals surface area contributed by atoms with E-state index in [0.717, 1.165) is 49.2 Å². The minimum absolute atomic E-state index is 0.0850. The molecule has 0 bridgehead atoms. The Balaban J connectivity index is 1.45. The molecule has 1 aliphatic heterocycles. The highest BCUT2D eigenvalue weighted by atomic mass is 16.5. The summed E-state index contributed by atoms with van der Waals surface area (Å²) in [5, 5.41) is 11.6. The van der Waals surface area contributed by atoms with Crippen LogP contribution in [0.25, 0.3) is 0 Å². The van der Waals surface area contributed by atoms with E-state index in [1.165, 1.54) is 5.56 Å². The van der Waals surface area contributed by atoms with Gasteiger partial charge in [-0.25, -0.2) is 4.68 Å². The van der Waals surface area contributed by atoms with Crippen molar-refractivity contribution in [2.45, 2.75) is 90.3 Å². The molecule has 0 spiro atoms. The molecule has 8 nitrogen and oxygen atoms in total. The van der Waals surface area contributed by atoms with Crippen LogP contribution in [-0.2, 0) is 20.6 Å². The Morgan fingerprint density at radius 3 is 2.41 bits per heavy atom. The summed E-state index contributed by atoms with van der Waals surface area (Å²) >= 11 is 0. The molecule has 0 aliphatic carbocycles. The van der Waals surface area contributed by atoms with Gasteiger partial charge in [-0.1, -0.05) is 56.3 Å². The molecule has 3 aromatic rings. The second kappa shape index (κ2) is 13.2.